The number of halogens is 1. The SMILES string of the molecule is O=C(Nc1nc2ccncc2[nH]1)c1ccc(F)cc1. The fourth-order valence-electron chi connectivity index (χ4n) is 1.70. The monoisotopic (exact) mass is 256 g/mol. The van der Waals surface area contributed by atoms with Crippen molar-refractivity contribution in [2.75, 3.05) is 5.32 Å². The van der Waals surface area contributed by atoms with E-state index in [2.05, 4.69) is 20.3 Å². The number of hydrogen-bond acceptors (Lipinski definition) is 3. The number of carbonyl (C=O) groups is 1. The Bertz CT molecular complexity index is 703. The molecule has 94 valence electrons. The molecule has 0 unspecified atom stereocenters. The van der Waals surface area contributed by atoms with E-state index in [1.165, 1.54) is 24.3 Å². The van der Waals surface area contributed by atoms with Crippen molar-refractivity contribution < 1.29 is 9.18 Å². The molecule has 2 aromatic heterocycles. The molecule has 0 spiro atoms. The van der Waals surface area contributed by atoms with Gasteiger partial charge in [0.15, 0.2) is 0 Å². The number of aromatic nitrogens is 3. The quantitative estimate of drug-likeness (QED) is 0.739. The number of H-pyrrole nitrogens is 1. The molecular weight excluding hydrogens is 247 g/mol. The number of carbonyl (C=O) groups excluding carboxylic acids is 1. The highest BCUT2D eigenvalue weighted by Gasteiger charge is 2.09. The number of aromatic amines is 1. The van der Waals surface area contributed by atoms with Gasteiger partial charge in [-0.2, -0.15) is 0 Å². The lowest BCUT2D eigenvalue weighted by Gasteiger charge is -2.01. The Labute approximate surface area is 107 Å². The highest BCUT2D eigenvalue weighted by Crippen LogP contribution is 2.13. The van der Waals surface area contributed by atoms with Gasteiger partial charge in [0.05, 0.1) is 17.2 Å². The summed E-state index contributed by atoms with van der Waals surface area (Å²) < 4.78 is 12.8. The highest BCUT2D eigenvalue weighted by molar-refractivity contribution is 6.03. The molecule has 3 rings (SSSR count). The summed E-state index contributed by atoms with van der Waals surface area (Å²) in [6.45, 7) is 0. The average Bonchev–Trinajstić information content (AvgIpc) is 2.81. The van der Waals surface area contributed by atoms with Crippen LogP contribution in [0, 0.1) is 5.82 Å². The van der Waals surface area contributed by atoms with E-state index in [4.69, 9.17) is 0 Å². The smallest absolute Gasteiger partial charge is 0.257 e. The number of nitrogens with one attached hydrogen (secondary N) is 2. The van der Waals surface area contributed by atoms with Gasteiger partial charge in [-0.25, -0.2) is 9.37 Å². The fraction of sp³-hybridized carbons (Fsp3) is 0. The molecular formula is C13H9FN4O. The molecule has 0 radical (unpaired) electrons. The number of hydrogen-bond donors (Lipinski definition) is 2. The van der Waals surface area contributed by atoms with Crippen LogP contribution in [0.3, 0.4) is 0 Å². The molecule has 0 saturated carbocycles. The fourth-order valence-corrected chi connectivity index (χ4v) is 1.70. The van der Waals surface area contributed by atoms with Gasteiger partial charge in [0.25, 0.3) is 5.91 Å². The number of anilines is 1. The third-order valence-corrected chi connectivity index (χ3v) is 2.62. The Kier molecular flexibility index (Phi) is 2.68. The number of pyridine rings is 1. The molecule has 5 nitrogen and oxygen atoms in total. The second-order valence-electron chi connectivity index (χ2n) is 3.94. The molecule has 3 aromatic rings. The largest absolute Gasteiger partial charge is 0.323 e. The third kappa shape index (κ3) is 2.28. The van der Waals surface area contributed by atoms with Gasteiger partial charge in [0, 0.05) is 11.8 Å². The molecule has 2 N–H and O–H groups in total. The van der Waals surface area contributed by atoms with Crippen LogP contribution in [0.4, 0.5) is 10.3 Å². The summed E-state index contributed by atoms with van der Waals surface area (Å²) in [7, 11) is 0. The summed E-state index contributed by atoms with van der Waals surface area (Å²) in [6.07, 6.45) is 3.24. The van der Waals surface area contributed by atoms with Crippen LogP contribution in [0.1, 0.15) is 10.4 Å². The number of nitrogens with zero attached hydrogens (tertiary/aromatic N) is 2. The van der Waals surface area contributed by atoms with Crippen LogP contribution in [0.2, 0.25) is 0 Å². The van der Waals surface area contributed by atoms with Crippen molar-refractivity contribution in [3.8, 4) is 0 Å². The lowest BCUT2D eigenvalue weighted by atomic mass is 10.2. The zero-order valence-corrected chi connectivity index (χ0v) is 9.72. The van der Waals surface area contributed by atoms with Crippen LogP contribution < -0.4 is 5.32 Å². The molecule has 19 heavy (non-hydrogen) atoms. The van der Waals surface area contributed by atoms with E-state index in [-0.39, 0.29) is 11.7 Å². The van der Waals surface area contributed by atoms with Crippen molar-refractivity contribution in [2.24, 2.45) is 0 Å². The van der Waals surface area contributed by atoms with Crippen molar-refractivity contribution in [3.63, 3.8) is 0 Å². The average molecular weight is 256 g/mol. The van der Waals surface area contributed by atoms with Gasteiger partial charge in [0.2, 0.25) is 5.95 Å². The van der Waals surface area contributed by atoms with E-state index in [0.717, 1.165) is 5.52 Å². The van der Waals surface area contributed by atoms with E-state index in [1.54, 1.807) is 18.5 Å². The first-order valence-corrected chi connectivity index (χ1v) is 5.59. The lowest BCUT2D eigenvalue weighted by Crippen LogP contribution is -2.12. The van der Waals surface area contributed by atoms with E-state index in [9.17, 15) is 9.18 Å². The Hall–Kier alpha value is -2.76. The maximum Gasteiger partial charge on any atom is 0.257 e. The summed E-state index contributed by atoms with van der Waals surface area (Å²) >= 11 is 0. The standard InChI is InChI=1S/C13H9FN4O/c14-9-3-1-8(2-4-9)12(19)18-13-16-10-5-6-15-7-11(10)17-13/h1-7H,(H2,16,17,18,19). The molecule has 0 atom stereocenters. The van der Waals surface area contributed by atoms with Crippen LogP contribution in [-0.4, -0.2) is 20.9 Å². The van der Waals surface area contributed by atoms with Crippen LogP contribution >= 0.6 is 0 Å². The van der Waals surface area contributed by atoms with Crippen molar-refractivity contribution in [1.29, 1.82) is 0 Å². The first kappa shape index (κ1) is 11.3. The molecule has 6 heteroatoms. The molecule has 0 aliphatic heterocycles. The van der Waals surface area contributed by atoms with Gasteiger partial charge in [-0.05, 0) is 30.3 Å². The summed E-state index contributed by atoms with van der Waals surface area (Å²) in [4.78, 5) is 23.0. The lowest BCUT2D eigenvalue weighted by molar-refractivity contribution is 0.102. The molecule has 1 amide bonds. The van der Waals surface area contributed by atoms with E-state index >= 15 is 0 Å². The topological polar surface area (TPSA) is 70.7 Å². The zero-order chi connectivity index (χ0) is 13.2. The Morgan fingerprint density at radius 1 is 1.21 bits per heavy atom. The minimum atomic E-state index is -0.383. The Morgan fingerprint density at radius 3 is 2.74 bits per heavy atom. The maximum atomic E-state index is 12.8. The Morgan fingerprint density at radius 2 is 2.00 bits per heavy atom. The summed E-state index contributed by atoms with van der Waals surface area (Å²) in [6, 6.07) is 7.03. The molecule has 0 fully saturated rings. The van der Waals surface area contributed by atoms with Crippen LogP contribution in [0.25, 0.3) is 11.0 Å². The van der Waals surface area contributed by atoms with E-state index in [0.29, 0.717) is 17.0 Å². The van der Waals surface area contributed by atoms with Gasteiger partial charge >= 0.3 is 0 Å². The number of amides is 1. The van der Waals surface area contributed by atoms with Gasteiger partial charge in [-0.15, -0.1) is 0 Å². The maximum absolute atomic E-state index is 12.8. The van der Waals surface area contributed by atoms with Crippen molar-refractivity contribution >= 4 is 22.9 Å². The van der Waals surface area contributed by atoms with Gasteiger partial charge in [-0.1, -0.05) is 0 Å². The van der Waals surface area contributed by atoms with Crippen LogP contribution in [0.15, 0.2) is 42.7 Å². The second kappa shape index (κ2) is 4.49. The predicted molar refractivity (Wildman–Crippen MR) is 68.2 cm³/mol. The number of fused-ring (bicyclic) bond motifs is 1. The number of imidazole rings is 1. The summed E-state index contributed by atoms with van der Waals surface area (Å²) in [5.41, 5.74) is 1.81. The number of benzene rings is 1. The van der Waals surface area contributed by atoms with Gasteiger partial charge in [0.1, 0.15) is 5.82 Å². The molecule has 0 bridgehead atoms. The summed E-state index contributed by atoms with van der Waals surface area (Å²) in [5.74, 6) is -0.407. The van der Waals surface area contributed by atoms with Gasteiger partial charge in [-0.3, -0.25) is 15.1 Å². The van der Waals surface area contributed by atoms with Crippen LogP contribution in [-0.2, 0) is 0 Å². The Balaban J connectivity index is 1.84. The number of rotatable bonds is 2. The minimum Gasteiger partial charge on any atom is -0.323 e. The summed E-state index contributed by atoms with van der Waals surface area (Å²) in [5, 5.41) is 2.61. The van der Waals surface area contributed by atoms with Crippen LogP contribution in [0.5, 0.6) is 0 Å². The first-order chi connectivity index (χ1) is 9.22. The van der Waals surface area contributed by atoms with Crippen molar-refractivity contribution in [1.82, 2.24) is 15.0 Å². The first-order valence-electron chi connectivity index (χ1n) is 5.59. The molecule has 0 aliphatic carbocycles. The van der Waals surface area contributed by atoms with Crippen molar-refractivity contribution in [2.45, 2.75) is 0 Å². The van der Waals surface area contributed by atoms with Gasteiger partial charge < -0.3 is 4.98 Å². The molecule has 1 aromatic carbocycles. The molecule has 0 aliphatic rings. The van der Waals surface area contributed by atoms with E-state index < -0.39 is 0 Å². The zero-order valence-electron chi connectivity index (χ0n) is 9.72. The molecule has 0 saturated heterocycles. The minimum absolute atomic E-state index is 0.331. The normalized spacial score (nSPS) is 10.6. The van der Waals surface area contributed by atoms with E-state index in [1.807, 2.05) is 0 Å². The third-order valence-electron chi connectivity index (χ3n) is 2.62. The van der Waals surface area contributed by atoms with Crippen molar-refractivity contribution in [3.05, 3.63) is 54.1 Å². The second-order valence-corrected chi connectivity index (χ2v) is 3.94. The highest BCUT2D eigenvalue weighted by atomic mass is 19.1. The molecule has 2 heterocycles. The predicted octanol–water partition coefficient (Wildman–Crippen LogP) is 2.35.